The van der Waals surface area contributed by atoms with Crippen LogP contribution < -0.4 is 26.4 Å². The maximum absolute atomic E-state index is 12.6. The van der Waals surface area contributed by atoms with Crippen molar-refractivity contribution >= 4 is 52.1 Å². The highest BCUT2D eigenvalue weighted by molar-refractivity contribution is 6.39. The summed E-state index contributed by atoms with van der Waals surface area (Å²) >= 11 is 12.1. The highest BCUT2D eigenvalue weighted by atomic mass is 35.5. The molecule has 2 heterocycles. The van der Waals surface area contributed by atoms with Gasteiger partial charge < -0.3 is 25.5 Å². The number of amides is 1. The second kappa shape index (κ2) is 11.3. The molecule has 0 unspecified atom stereocenters. The minimum absolute atomic E-state index is 0.0289. The normalized spacial score (nSPS) is 14.9. The second-order valence-electron chi connectivity index (χ2n) is 8.67. The van der Waals surface area contributed by atoms with Gasteiger partial charge in [0.1, 0.15) is 17.4 Å². The van der Waals surface area contributed by atoms with E-state index in [1.54, 1.807) is 24.3 Å². The Balaban J connectivity index is 1.44. The number of aliphatic carboxylic acids is 1. The van der Waals surface area contributed by atoms with Crippen molar-refractivity contribution < 1.29 is 14.7 Å². The van der Waals surface area contributed by atoms with Crippen LogP contribution in [0.15, 0.2) is 46.2 Å². The number of carbonyl (C=O) groups excluding carboxylic acids is 1. The van der Waals surface area contributed by atoms with Crippen molar-refractivity contribution in [2.75, 3.05) is 48.3 Å². The van der Waals surface area contributed by atoms with E-state index in [4.69, 9.17) is 23.2 Å². The molecule has 0 aliphatic carbocycles. The summed E-state index contributed by atoms with van der Waals surface area (Å²) in [6.07, 6.45) is 2.75. The fraction of sp³-hybridized carbons (Fsp3) is 0.320. The minimum atomic E-state index is -1.17. The number of benzene rings is 1. The molecule has 12 heteroatoms. The van der Waals surface area contributed by atoms with Gasteiger partial charge in [0, 0.05) is 50.6 Å². The summed E-state index contributed by atoms with van der Waals surface area (Å²) in [5, 5.41) is 15.6. The van der Waals surface area contributed by atoms with Crippen LogP contribution in [-0.2, 0) is 11.2 Å². The number of halogens is 2. The molecule has 1 saturated heterocycles. The number of piperazine rings is 1. The van der Waals surface area contributed by atoms with Crippen LogP contribution in [0.4, 0.5) is 17.1 Å². The van der Waals surface area contributed by atoms with Gasteiger partial charge in [0.15, 0.2) is 0 Å². The third-order valence-electron chi connectivity index (χ3n) is 6.39. The van der Waals surface area contributed by atoms with Crippen LogP contribution >= 0.6 is 23.2 Å². The van der Waals surface area contributed by atoms with Gasteiger partial charge in [-0.3, -0.25) is 19.4 Å². The number of pyridine rings is 1. The Morgan fingerprint density at radius 2 is 1.62 bits per heavy atom. The number of carboxylic acids is 1. The number of hydrogen-bond acceptors (Lipinski definition) is 8. The minimum Gasteiger partial charge on any atom is -0.480 e. The molecule has 194 valence electrons. The van der Waals surface area contributed by atoms with Gasteiger partial charge in [0.2, 0.25) is 0 Å². The maximum Gasteiger partial charge on any atom is 0.326 e. The van der Waals surface area contributed by atoms with Crippen molar-refractivity contribution in [1.82, 2.24) is 9.88 Å². The first-order valence-electron chi connectivity index (χ1n) is 11.7. The largest absolute Gasteiger partial charge is 0.480 e. The van der Waals surface area contributed by atoms with Crippen LogP contribution in [0.5, 0.6) is 0 Å². The Morgan fingerprint density at radius 3 is 2.19 bits per heavy atom. The van der Waals surface area contributed by atoms with E-state index >= 15 is 0 Å². The number of nitrogens with one attached hydrogen (secondary N) is 2. The molecular weight excluding hydrogens is 521 g/mol. The highest BCUT2D eigenvalue weighted by Crippen LogP contribution is 2.29. The zero-order valence-corrected chi connectivity index (χ0v) is 21.5. The van der Waals surface area contributed by atoms with Gasteiger partial charge in [-0.05, 0) is 24.2 Å². The van der Waals surface area contributed by atoms with Crippen molar-refractivity contribution in [3.63, 3.8) is 0 Å². The molecule has 4 rings (SSSR count). The monoisotopic (exact) mass is 545 g/mol. The third-order valence-corrected chi connectivity index (χ3v) is 6.96. The fourth-order valence-corrected chi connectivity index (χ4v) is 4.68. The number of likely N-dealkylation sites (N-methyl/N-ethyl adjacent to an activating group) is 1. The predicted octanol–water partition coefficient (Wildman–Crippen LogP) is 2.49. The zero-order valence-electron chi connectivity index (χ0n) is 20.0. The molecule has 0 bridgehead atoms. The molecule has 1 atom stereocenters. The molecule has 0 radical (unpaired) electrons. The third kappa shape index (κ3) is 5.76. The molecule has 1 aliphatic heterocycles. The van der Waals surface area contributed by atoms with Crippen LogP contribution in [0, 0.1) is 0 Å². The Labute approximate surface area is 222 Å². The van der Waals surface area contributed by atoms with Gasteiger partial charge in [-0.1, -0.05) is 42.3 Å². The van der Waals surface area contributed by atoms with Crippen molar-refractivity contribution in [3.05, 3.63) is 78.3 Å². The van der Waals surface area contributed by atoms with E-state index in [9.17, 15) is 24.3 Å². The van der Waals surface area contributed by atoms with E-state index in [1.165, 1.54) is 12.4 Å². The topological polar surface area (TPSA) is 132 Å². The summed E-state index contributed by atoms with van der Waals surface area (Å²) in [6, 6.07) is 5.18. The average molecular weight is 546 g/mol. The van der Waals surface area contributed by atoms with Gasteiger partial charge in [0.25, 0.3) is 16.8 Å². The van der Waals surface area contributed by atoms with Gasteiger partial charge in [-0.25, -0.2) is 4.79 Å². The van der Waals surface area contributed by atoms with Crippen LogP contribution in [0.2, 0.25) is 10.0 Å². The number of nitrogens with zero attached hydrogens (tertiary/aromatic N) is 3. The first-order valence-corrected chi connectivity index (χ1v) is 12.4. The van der Waals surface area contributed by atoms with E-state index in [2.05, 4.69) is 27.4 Å². The van der Waals surface area contributed by atoms with Crippen LogP contribution in [-0.4, -0.2) is 65.6 Å². The van der Waals surface area contributed by atoms with Gasteiger partial charge in [0.05, 0.1) is 15.7 Å². The summed E-state index contributed by atoms with van der Waals surface area (Å²) in [4.78, 5) is 57.1. The Bertz CT molecular complexity index is 1360. The van der Waals surface area contributed by atoms with Crippen molar-refractivity contribution in [2.45, 2.75) is 19.4 Å². The van der Waals surface area contributed by atoms with Crippen molar-refractivity contribution in [2.24, 2.45) is 0 Å². The smallest absolute Gasteiger partial charge is 0.326 e. The van der Waals surface area contributed by atoms with Crippen molar-refractivity contribution in [1.29, 1.82) is 0 Å². The van der Waals surface area contributed by atoms with E-state index in [0.717, 1.165) is 19.6 Å². The first-order chi connectivity index (χ1) is 17.7. The summed E-state index contributed by atoms with van der Waals surface area (Å²) in [6.45, 7) is 5.66. The number of carbonyl (C=O) groups is 2. The number of aromatic nitrogens is 1. The summed E-state index contributed by atoms with van der Waals surface area (Å²) in [5.41, 5.74) is 0.164. The van der Waals surface area contributed by atoms with E-state index in [1.807, 2.05) is 4.90 Å². The molecule has 3 aromatic rings. The molecule has 10 nitrogen and oxygen atoms in total. The lowest BCUT2D eigenvalue weighted by Gasteiger charge is -2.36. The SMILES string of the molecule is CCN1CCN(c2c(N[C@@H](Cc3ccc(C(=O)Nc4c(Cl)cncc4Cl)cc3)C(=O)O)c(=O)c2=O)CC1. The molecule has 1 aromatic heterocycles. The van der Waals surface area contributed by atoms with Crippen LogP contribution in [0.3, 0.4) is 0 Å². The summed E-state index contributed by atoms with van der Waals surface area (Å²) in [7, 11) is 0. The van der Waals surface area contributed by atoms with Gasteiger partial charge in [-0.2, -0.15) is 0 Å². The quantitative estimate of drug-likeness (QED) is 0.347. The fourth-order valence-electron chi connectivity index (χ4n) is 4.22. The Morgan fingerprint density at radius 1 is 1.00 bits per heavy atom. The second-order valence-corrected chi connectivity index (χ2v) is 9.49. The number of anilines is 3. The van der Waals surface area contributed by atoms with Gasteiger partial charge in [-0.15, -0.1) is 0 Å². The lowest BCUT2D eigenvalue weighted by molar-refractivity contribution is -0.137. The summed E-state index contributed by atoms with van der Waals surface area (Å²) in [5.74, 6) is -1.62. The Kier molecular flexibility index (Phi) is 8.11. The molecule has 1 aliphatic rings. The predicted molar refractivity (Wildman–Crippen MR) is 143 cm³/mol. The standard InChI is InChI=1S/C25H25Cl2N5O5/c1-2-31-7-9-32(10-8-31)21-20(22(33)23(21)34)29-18(25(36)37)11-14-3-5-15(6-4-14)24(35)30-19-16(26)12-28-13-17(19)27/h3-6,12-13,18,29H,2,7-11H2,1H3,(H,36,37)(H,28,30,35)/t18-/m0/s1. The molecule has 0 saturated carbocycles. The first kappa shape index (κ1) is 26.6. The van der Waals surface area contributed by atoms with Crippen LogP contribution in [0.25, 0.3) is 0 Å². The molecule has 2 aromatic carbocycles. The molecule has 1 amide bonds. The maximum atomic E-state index is 12.6. The lowest BCUT2D eigenvalue weighted by atomic mass is 10.0. The number of rotatable bonds is 9. The van der Waals surface area contributed by atoms with Gasteiger partial charge >= 0.3 is 5.97 Å². The molecule has 37 heavy (non-hydrogen) atoms. The molecule has 1 fully saturated rings. The van der Waals surface area contributed by atoms with Crippen molar-refractivity contribution in [3.8, 4) is 0 Å². The number of carboxylic acid groups (broad SMARTS) is 1. The van der Waals surface area contributed by atoms with Crippen LogP contribution in [0.1, 0.15) is 22.8 Å². The lowest BCUT2D eigenvalue weighted by Crippen LogP contribution is -2.52. The van der Waals surface area contributed by atoms with E-state index in [-0.39, 0.29) is 33.5 Å². The zero-order chi connectivity index (χ0) is 26.7. The summed E-state index contributed by atoms with van der Waals surface area (Å²) < 4.78 is 0. The molecular formula is C25H25Cl2N5O5. The number of hydrogen-bond donors (Lipinski definition) is 3. The van der Waals surface area contributed by atoms with E-state index in [0.29, 0.717) is 24.2 Å². The van der Waals surface area contributed by atoms with E-state index < -0.39 is 28.8 Å². The Hall–Kier alpha value is -3.47. The molecule has 3 N–H and O–H groups in total. The average Bonchev–Trinajstić information content (AvgIpc) is 2.90. The molecule has 0 spiro atoms. The highest BCUT2D eigenvalue weighted by Gasteiger charge is 2.31.